The molecule has 0 heterocycles. The van der Waals surface area contributed by atoms with Gasteiger partial charge in [-0.1, -0.05) is 22.0 Å². The number of nitriles is 2. The highest BCUT2D eigenvalue weighted by Crippen LogP contribution is 2.31. The first kappa shape index (κ1) is 15.7. The van der Waals surface area contributed by atoms with E-state index in [2.05, 4.69) is 20.9 Å². The van der Waals surface area contributed by atoms with Gasteiger partial charge in [-0.2, -0.15) is 23.7 Å². The Morgan fingerprint density at radius 2 is 1.95 bits per heavy atom. The Bertz CT molecular complexity index is 663. The van der Waals surface area contributed by atoms with E-state index in [4.69, 9.17) is 16.3 Å². The Morgan fingerprint density at radius 1 is 1.30 bits per heavy atom. The third-order valence-corrected chi connectivity index (χ3v) is 2.83. The van der Waals surface area contributed by atoms with Crippen molar-refractivity contribution in [3.63, 3.8) is 0 Å². The molecule has 0 bridgehead atoms. The quantitative estimate of drug-likeness (QED) is 0.661. The van der Waals surface area contributed by atoms with E-state index in [1.165, 1.54) is 6.07 Å². The van der Waals surface area contributed by atoms with Gasteiger partial charge in [0.1, 0.15) is 17.8 Å². The summed E-state index contributed by atoms with van der Waals surface area (Å²) in [6.07, 6.45) is -3.30. The van der Waals surface area contributed by atoms with Gasteiger partial charge in [-0.05, 0) is 12.1 Å². The molecule has 0 atom stereocenters. The molecular formula is C12H6BrF3N4. The Balaban J connectivity index is 3.14. The first-order valence-electron chi connectivity index (χ1n) is 5.00. The molecule has 8 heteroatoms. The fourth-order valence-electron chi connectivity index (χ4n) is 1.15. The van der Waals surface area contributed by atoms with Crippen LogP contribution < -0.4 is 5.73 Å². The van der Waals surface area contributed by atoms with E-state index >= 15 is 0 Å². The number of halogens is 4. The lowest BCUT2D eigenvalue weighted by Gasteiger charge is -2.07. The largest absolute Gasteiger partial charge is 0.416 e. The number of hydrogen-bond donors (Lipinski definition) is 1. The van der Waals surface area contributed by atoms with Crippen molar-refractivity contribution >= 4 is 22.1 Å². The fourth-order valence-corrected chi connectivity index (χ4v) is 1.64. The third kappa shape index (κ3) is 3.84. The minimum absolute atomic E-state index is 0.156. The number of nitrogens with two attached hydrogens (primary N) is 1. The van der Waals surface area contributed by atoms with E-state index in [1.807, 2.05) is 0 Å². The van der Waals surface area contributed by atoms with Gasteiger partial charge in [-0.15, -0.1) is 0 Å². The number of benzene rings is 1. The zero-order valence-electron chi connectivity index (χ0n) is 9.74. The van der Waals surface area contributed by atoms with Gasteiger partial charge in [-0.25, -0.2) is 4.99 Å². The number of allylic oxidation sites excluding steroid dienone is 2. The normalized spacial score (nSPS) is 12.7. The molecule has 0 aliphatic heterocycles. The first-order chi connectivity index (χ1) is 9.29. The summed E-state index contributed by atoms with van der Waals surface area (Å²) in [5.74, 6) is 0. The molecule has 0 radical (unpaired) electrons. The van der Waals surface area contributed by atoms with Crippen LogP contribution in [0.2, 0.25) is 0 Å². The number of nitrogens with zero attached hydrogens (tertiary/aromatic N) is 3. The number of aliphatic imine (C=N–C) groups is 1. The zero-order valence-corrected chi connectivity index (χ0v) is 11.3. The smallest absolute Gasteiger partial charge is 0.388 e. The predicted octanol–water partition coefficient (Wildman–Crippen LogP) is 3.10. The summed E-state index contributed by atoms with van der Waals surface area (Å²) in [4.78, 5) is 3.67. The molecule has 0 amide bonds. The highest BCUT2D eigenvalue weighted by molar-refractivity contribution is 9.10. The van der Waals surface area contributed by atoms with Crippen LogP contribution in [0.5, 0.6) is 0 Å². The highest BCUT2D eigenvalue weighted by atomic mass is 79.9. The van der Waals surface area contributed by atoms with Crippen LogP contribution in [-0.4, -0.2) is 6.21 Å². The van der Waals surface area contributed by atoms with Crippen molar-refractivity contribution in [2.24, 2.45) is 10.7 Å². The van der Waals surface area contributed by atoms with E-state index in [0.29, 0.717) is 5.56 Å². The molecule has 0 aliphatic rings. The molecule has 2 N–H and O–H groups in total. The Hall–Kier alpha value is -2.32. The zero-order chi connectivity index (χ0) is 15.3. The molecule has 102 valence electrons. The highest BCUT2D eigenvalue weighted by Gasteiger charge is 2.30. The van der Waals surface area contributed by atoms with Gasteiger partial charge in [0.15, 0.2) is 5.70 Å². The van der Waals surface area contributed by atoms with Crippen molar-refractivity contribution in [1.82, 2.24) is 0 Å². The molecule has 20 heavy (non-hydrogen) atoms. The number of rotatable bonds is 2. The summed E-state index contributed by atoms with van der Waals surface area (Å²) in [6.45, 7) is 0. The standard InChI is InChI=1S/C12H6BrF3N4/c13-9-3-8(12(14,15)16)2-1-7(9)6-20-11(5-18)10(19)4-17/h1-3,6H,19H2/b11-10+,20-6+. The average Bonchev–Trinajstić information content (AvgIpc) is 2.39. The second-order valence-corrected chi connectivity index (χ2v) is 4.33. The van der Waals surface area contributed by atoms with Gasteiger partial charge >= 0.3 is 6.18 Å². The fraction of sp³-hybridized carbons (Fsp3) is 0.0833. The van der Waals surface area contributed by atoms with Gasteiger partial charge in [0, 0.05) is 16.3 Å². The Labute approximate surface area is 120 Å². The molecular weight excluding hydrogens is 337 g/mol. The van der Waals surface area contributed by atoms with Crippen LogP contribution in [0, 0.1) is 22.7 Å². The Morgan fingerprint density at radius 3 is 2.40 bits per heavy atom. The van der Waals surface area contributed by atoms with Gasteiger partial charge in [0.25, 0.3) is 0 Å². The van der Waals surface area contributed by atoms with E-state index in [0.717, 1.165) is 18.3 Å². The van der Waals surface area contributed by atoms with Crippen LogP contribution >= 0.6 is 15.9 Å². The summed E-state index contributed by atoms with van der Waals surface area (Å²) in [5.41, 5.74) is 4.06. The van der Waals surface area contributed by atoms with E-state index in [-0.39, 0.29) is 15.9 Å². The van der Waals surface area contributed by atoms with Crippen molar-refractivity contribution < 1.29 is 13.2 Å². The molecule has 1 rings (SSSR count). The molecule has 0 aliphatic carbocycles. The molecule has 0 saturated heterocycles. The molecule has 0 saturated carbocycles. The molecule has 1 aromatic carbocycles. The second-order valence-electron chi connectivity index (χ2n) is 3.48. The molecule has 4 nitrogen and oxygen atoms in total. The summed E-state index contributed by atoms with van der Waals surface area (Å²) < 4.78 is 37.5. The van der Waals surface area contributed by atoms with Gasteiger partial charge < -0.3 is 5.73 Å². The van der Waals surface area contributed by atoms with Crippen LogP contribution in [0.25, 0.3) is 0 Å². The van der Waals surface area contributed by atoms with Crippen molar-refractivity contribution in [2.75, 3.05) is 0 Å². The van der Waals surface area contributed by atoms with Gasteiger partial charge in [-0.3, -0.25) is 0 Å². The molecule has 0 unspecified atom stereocenters. The third-order valence-electron chi connectivity index (χ3n) is 2.14. The van der Waals surface area contributed by atoms with E-state index in [1.54, 1.807) is 12.1 Å². The molecule has 0 spiro atoms. The minimum Gasteiger partial charge on any atom is -0.388 e. The van der Waals surface area contributed by atoms with Crippen LogP contribution in [0.4, 0.5) is 13.2 Å². The average molecular weight is 343 g/mol. The maximum Gasteiger partial charge on any atom is 0.416 e. The van der Waals surface area contributed by atoms with Crippen molar-refractivity contribution in [3.05, 3.63) is 45.2 Å². The van der Waals surface area contributed by atoms with Crippen LogP contribution in [0.1, 0.15) is 11.1 Å². The summed E-state index contributed by atoms with van der Waals surface area (Å²) in [6, 6.07) is 6.14. The van der Waals surface area contributed by atoms with E-state index < -0.39 is 11.7 Å². The lowest BCUT2D eigenvalue weighted by molar-refractivity contribution is -0.137. The minimum atomic E-state index is -4.44. The monoisotopic (exact) mass is 342 g/mol. The summed E-state index contributed by atoms with van der Waals surface area (Å²) >= 11 is 2.98. The molecule has 0 fully saturated rings. The van der Waals surface area contributed by atoms with Crippen molar-refractivity contribution in [3.8, 4) is 12.1 Å². The second kappa shape index (κ2) is 6.22. The molecule has 1 aromatic rings. The predicted molar refractivity (Wildman–Crippen MR) is 69.2 cm³/mol. The van der Waals surface area contributed by atoms with Gasteiger partial charge in [0.05, 0.1) is 5.56 Å². The number of alkyl halides is 3. The first-order valence-corrected chi connectivity index (χ1v) is 5.79. The van der Waals surface area contributed by atoms with E-state index in [9.17, 15) is 13.2 Å². The number of hydrogen-bond acceptors (Lipinski definition) is 4. The Kier molecular flexibility index (Phi) is 4.89. The lowest BCUT2D eigenvalue weighted by Crippen LogP contribution is -2.05. The summed E-state index contributed by atoms with van der Waals surface area (Å²) in [5, 5.41) is 17.2. The van der Waals surface area contributed by atoms with Crippen molar-refractivity contribution in [2.45, 2.75) is 6.18 Å². The van der Waals surface area contributed by atoms with Crippen LogP contribution in [-0.2, 0) is 6.18 Å². The van der Waals surface area contributed by atoms with Gasteiger partial charge in [0.2, 0.25) is 0 Å². The maximum atomic E-state index is 12.5. The van der Waals surface area contributed by atoms with Crippen LogP contribution in [0.3, 0.4) is 0 Å². The van der Waals surface area contributed by atoms with Crippen molar-refractivity contribution in [1.29, 1.82) is 10.5 Å². The molecule has 0 aromatic heterocycles. The summed E-state index contributed by atoms with van der Waals surface area (Å²) in [7, 11) is 0. The SMILES string of the molecule is N#C/C(N)=C(C#N)\N=C\c1ccc(C(F)(F)F)cc1Br. The maximum absolute atomic E-state index is 12.5. The lowest BCUT2D eigenvalue weighted by atomic mass is 10.1. The van der Waals surface area contributed by atoms with Crippen LogP contribution in [0.15, 0.2) is 39.1 Å². The topological polar surface area (TPSA) is 86.0 Å².